The number of hydrogen-bond donors (Lipinski definition) is 1. The van der Waals surface area contributed by atoms with Gasteiger partial charge in [0.2, 0.25) is 0 Å². The van der Waals surface area contributed by atoms with Gasteiger partial charge in [-0.25, -0.2) is 4.79 Å². The van der Waals surface area contributed by atoms with Gasteiger partial charge in [0.15, 0.2) is 0 Å². The molecule has 0 saturated heterocycles. The number of aromatic hydroxyl groups is 1. The van der Waals surface area contributed by atoms with Gasteiger partial charge in [-0.05, 0) is 12.1 Å². The van der Waals surface area contributed by atoms with Crippen LogP contribution in [0.2, 0.25) is 0 Å². The van der Waals surface area contributed by atoms with Gasteiger partial charge in [0.1, 0.15) is 11.3 Å². The molecule has 17 heavy (non-hydrogen) atoms. The molecule has 0 unspecified atom stereocenters. The number of phenols is 1. The Morgan fingerprint density at radius 1 is 1.18 bits per heavy atom. The number of esters is 1. The molecule has 0 spiro atoms. The normalized spacial score (nSPS) is 12.7. The van der Waals surface area contributed by atoms with Crippen LogP contribution in [0.4, 0.5) is 0 Å². The third kappa shape index (κ3) is 11.5. The van der Waals surface area contributed by atoms with E-state index in [2.05, 4.69) is 4.74 Å². The van der Waals surface area contributed by atoms with Gasteiger partial charge < -0.3 is 9.84 Å². The second kappa shape index (κ2) is 6.70. The van der Waals surface area contributed by atoms with Gasteiger partial charge in [0.05, 0.1) is 7.11 Å². The van der Waals surface area contributed by atoms with Gasteiger partial charge in [-0.3, -0.25) is 0 Å². The van der Waals surface area contributed by atoms with Crippen molar-refractivity contribution in [1.82, 2.24) is 0 Å². The quantitative estimate of drug-likeness (QED) is 0.558. The third-order valence-electron chi connectivity index (χ3n) is 1.31. The van der Waals surface area contributed by atoms with E-state index in [0.717, 1.165) is 0 Å². The number of ether oxygens (including phenoxy) is 1. The molecular weight excluding hydrogens is 505 g/mol. The molecule has 0 saturated carbocycles. The van der Waals surface area contributed by atoms with E-state index in [-0.39, 0.29) is 11.3 Å². The molecule has 3 nitrogen and oxygen atoms in total. The first-order valence-electron chi connectivity index (χ1n) is 3.89. The third-order valence-corrected chi connectivity index (χ3v) is 1.31. The fourth-order valence-electron chi connectivity index (χ4n) is 0.756. The Bertz CT molecular complexity index is 385. The zero-order valence-electron chi connectivity index (χ0n) is 8.37. The first kappa shape index (κ1) is 17.6. The average molecular weight is 513 g/mol. The van der Waals surface area contributed by atoms with Crippen LogP contribution >= 0.6 is 47.1 Å². The number of carbonyl (C=O) groups is 1. The zero-order chi connectivity index (χ0) is 13.7. The Kier molecular flexibility index (Phi) is 6.94. The summed E-state index contributed by atoms with van der Waals surface area (Å²) in [6.07, 6.45) is 0. The standard InChI is InChI=1S/C8H8O3.5ClH.W/c1-11-8(10)6-4-2-3-5-7(6)9;;;;;;/h2-5,9H,1H3;5*1H;/q;;;;;;+5/p-5. The number of methoxy groups -OCH3 is 1. The molecule has 1 aromatic rings. The van der Waals surface area contributed by atoms with E-state index in [0.29, 0.717) is 0 Å². The molecule has 1 rings (SSSR count). The number of benzene rings is 1. The van der Waals surface area contributed by atoms with Crippen LogP contribution < -0.4 is 0 Å². The number of para-hydroxylation sites is 1. The summed E-state index contributed by atoms with van der Waals surface area (Å²) in [4.78, 5) is 10.9. The fourth-order valence-corrected chi connectivity index (χ4v) is 0.756. The molecule has 0 bridgehead atoms. The van der Waals surface area contributed by atoms with Gasteiger partial charge in [-0.1, -0.05) is 12.1 Å². The average Bonchev–Trinajstić information content (AvgIpc) is 2.13. The number of phenolic OH excluding ortho intramolecular Hbond substituents is 1. The maximum absolute atomic E-state index is 10.9. The number of carbonyl (C=O) groups excluding carboxylic acids is 1. The Morgan fingerprint density at radius 2 is 1.59 bits per heavy atom. The molecule has 0 atom stereocenters. The summed E-state index contributed by atoms with van der Waals surface area (Å²) < 4.78 is 4.42. The van der Waals surface area contributed by atoms with Crippen molar-refractivity contribution in [2.45, 2.75) is 0 Å². The molecule has 0 aliphatic heterocycles. The van der Waals surface area contributed by atoms with Gasteiger partial charge in [0, 0.05) is 0 Å². The minimum atomic E-state index is -4.39. The Balaban J connectivity index is 0.000000366. The minimum absolute atomic E-state index is 0.0562. The molecule has 1 aromatic carbocycles. The fraction of sp³-hybridized carbons (Fsp3) is 0.125. The molecule has 99 valence electrons. The van der Waals surface area contributed by atoms with Crippen molar-refractivity contribution in [3.05, 3.63) is 29.8 Å². The molecule has 0 aliphatic rings. The van der Waals surface area contributed by atoms with E-state index in [9.17, 15) is 4.79 Å². The van der Waals surface area contributed by atoms with Crippen molar-refractivity contribution in [1.29, 1.82) is 0 Å². The molecule has 9 heteroatoms. The topological polar surface area (TPSA) is 46.5 Å². The van der Waals surface area contributed by atoms with Crippen molar-refractivity contribution >= 4 is 53.1 Å². The van der Waals surface area contributed by atoms with Crippen LogP contribution in [0, 0.1) is 0 Å². The number of halogens is 5. The number of rotatable bonds is 1. The van der Waals surface area contributed by atoms with E-state index in [1.807, 2.05) is 0 Å². The van der Waals surface area contributed by atoms with Crippen LogP contribution in [0.3, 0.4) is 0 Å². The van der Waals surface area contributed by atoms with Gasteiger partial charge >= 0.3 is 62.7 Å². The van der Waals surface area contributed by atoms with Gasteiger partial charge in [0.25, 0.3) is 0 Å². The zero-order valence-corrected chi connectivity index (χ0v) is 15.1. The van der Waals surface area contributed by atoms with E-state index >= 15 is 0 Å². The Hall–Kier alpha value is 0.628. The summed E-state index contributed by atoms with van der Waals surface area (Å²) in [6, 6.07) is 6.24. The van der Waals surface area contributed by atoms with Crippen LogP contribution in [0.15, 0.2) is 24.3 Å². The first-order chi connectivity index (χ1) is 7.49. The summed E-state index contributed by atoms with van der Waals surface area (Å²) in [5, 5.41) is 9.11. The molecular formula is C8H8Cl5O3W. The van der Waals surface area contributed by atoms with Crippen molar-refractivity contribution < 1.29 is 24.2 Å². The summed E-state index contributed by atoms with van der Waals surface area (Å²) in [6.45, 7) is 0. The van der Waals surface area contributed by atoms with Crippen LogP contribution in [0.5, 0.6) is 5.75 Å². The molecule has 0 aromatic heterocycles. The molecule has 0 radical (unpaired) electrons. The summed E-state index contributed by atoms with van der Waals surface area (Å²) in [5.74, 6) is -0.581. The number of hydrogen-bond acceptors (Lipinski definition) is 3. The van der Waals surface area contributed by atoms with Crippen molar-refractivity contribution in [2.75, 3.05) is 7.11 Å². The Labute approximate surface area is 119 Å². The van der Waals surface area contributed by atoms with Crippen LogP contribution in [0.1, 0.15) is 10.4 Å². The second-order valence-electron chi connectivity index (χ2n) is 2.59. The molecule has 0 amide bonds. The van der Waals surface area contributed by atoms with E-state index in [1.165, 1.54) is 19.2 Å². The maximum atomic E-state index is 10.9. The first-order valence-corrected chi connectivity index (χ1v) is 22.1. The van der Waals surface area contributed by atoms with Gasteiger partial charge in [-0.2, -0.15) is 0 Å². The second-order valence-corrected chi connectivity index (χ2v) is 45.0. The van der Waals surface area contributed by atoms with Crippen molar-refractivity contribution in [2.24, 2.45) is 0 Å². The van der Waals surface area contributed by atoms with Gasteiger partial charge in [-0.15, -0.1) is 0 Å². The SMILES string of the molecule is COC(=O)c1ccccc1O.[Cl][W]([Cl])([Cl])([Cl])[Cl]. The molecule has 0 aliphatic carbocycles. The van der Waals surface area contributed by atoms with Crippen LogP contribution in [-0.2, 0) is 14.3 Å². The van der Waals surface area contributed by atoms with Crippen LogP contribution in [-0.4, -0.2) is 18.2 Å². The predicted molar refractivity (Wildman–Crippen MR) is 68.7 cm³/mol. The molecule has 0 fully saturated rings. The monoisotopic (exact) mass is 511 g/mol. The predicted octanol–water partition coefficient (Wildman–Crippen LogP) is 4.62. The summed E-state index contributed by atoms with van der Waals surface area (Å²) in [7, 11) is 22.2. The Morgan fingerprint density at radius 3 is 1.94 bits per heavy atom. The summed E-state index contributed by atoms with van der Waals surface area (Å²) in [5.41, 5.74) is 0.190. The molecule has 0 heterocycles. The van der Waals surface area contributed by atoms with E-state index < -0.39 is 15.6 Å². The van der Waals surface area contributed by atoms with Crippen molar-refractivity contribution in [3.63, 3.8) is 0 Å². The van der Waals surface area contributed by atoms with Crippen LogP contribution in [0.25, 0.3) is 0 Å². The summed E-state index contributed by atoms with van der Waals surface area (Å²) >= 11 is 0. The molecule has 1 N–H and O–H groups in total. The van der Waals surface area contributed by atoms with Crippen molar-refractivity contribution in [3.8, 4) is 5.75 Å². The van der Waals surface area contributed by atoms with E-state index in [1.54, 1.807) is 12.1 Å². The van der Waals surface area contributed by atoms with E-state index in [4.69, 9.17) is 52.2 Å².